The average Bonchev–Trinajstić information content (AvgIpc) is 2.80. The van der Waals surface area contributed by atoms with Gasteiger partial charge in [0.2, 0.25) is 0 Å². The number of rotatable bonds is 7. The Hall–Kier alpha value is -3.60. The molecule has 0 fully saturated rings. The molecule has 3 aromatic rings. The van der Waals surface area contributed by atoms with Gasteiger partial charge in [-0.2, -0.15) is 0 Å². The summed E-state index contributed by atoms with van der Waals surface area (Å²) in [6.07, 6.45) is 1.56. The summed E-state index contributed by atoms with van der Waals surface area (Å²) in [5.74, 6) is -0.178. The zero-order valence-electron chi connectivity index (χ0n) is 18.9. The molecule has 2 N–H and O–H groups in total. The Kier molecular flexibility index (Phi) is 7.66. The first kappa shape index (κ1) is 23.1. The Bertz CT molecular complexity index is 1040. The predicted molar refractivity (Wildman–Crippen MR) is 127 cm³/mol. The van der Waals surface area contributed by atoms with Crippen LogP contribution in [0.4, 0.5) is 0 Å². The van der Waals surface area contributed by atoms with Gasteiger partial charge in [0.05, 0.1) is 0 Å². The third-order valence-corrected chi connectivity index (χ3v) is 5.19. The van der Waals surface area contributed by atoms with Crippen molar-refractivity contribution in [2.24, 2.45) is 0 Å². The Morgan fingerprint density at radius 1 is 0.781 bits per heavy atom. The van der Waals surface area contributed by atoms with Gasteiger partial charge in [0.25, 0.3) is 11.8 Å². The standard InChI is InChI=1S/C27H30N2O3/c1-27(2,3)22-15-17-23(18-16-22)32-19-25(30)28-29-26(31)24-12-8-7-11-21(24)14-13-20-9-5-4-6-10-20/h4-12,15-18H,13-14,19H2,1-3H3,(H,28,30)(H,29,31). The van der Waals surface area contributed by atoms with E-state index in [1.807, 2.05) is 60.7 Å². The Morgan fingerprint density at radius 2 is 1.44 bits per heavy atom. The molecular weight excluding hydrogens is 400 g/mol. The minimum Gasteiger partial charge on any atom is -0.484 e. The molecular formula is C27H30N2O3. The highest BCUT2D eigenvalue weighted by molar-refractivity contribution is 5.96. The lowest BCUT2D eigenvalue weighted by molar-refractivity contribution is -0.123. The van der Waals surface area contributed by atoms with E-state index in [0.717, 1.165) is 18.4 Å². The first-order chi connectivity index (χ1) is 15.3. The monoisotopic (exact) mass is 430 g/mol. The molecule has 2 amide bonds. The number of amides is 2. The molecule has 0 heterocycles. The number of hydrogen-bond donors (Lipinski definition) is 2. The van der Waals surface area contributed by atoms with Crippen LogP contribution in [0, 0.1) is 0 Å². The zero-order valence-corrected chi connectivity index (χ0v) is 18.9. The van der Waals surface area contributed by atoms with Gasteiger partial charge in [0.1, 0.15) is 5.75 Å². The predicted octanol–water partition coefficient (Wildman–Crippen LogP) is 4.61. The molecule has 0 aliphatic rings. The van der Waals surface area contributed by atoms with Crippen LogP contribution in [0.25, 0.3) is 0 Å². The van der Waals surface area contributed by atoms with E-state index in [-0.39, 0.29) is 17.9 Å². The highest BCUT2D eigenvalue weighted by Crippen LogP contribution is 2.24. The highest BCUT2D eigenvalue weighted by Gasteiger charge is 2.14. The van der Waals surface area contributed by atoms with E-state index in [9.17, 15) is 9.59 Å². The van der Waals surface area contributed by atoms with Crippen molar-refractivity contribution >= 4 is 11.8 Å². The molecule has 0 aliphatic heterocycles. The second kappa shape index (κ2) is 10.6. The maximum Gasteiger partial charge on any atom is 0.276 e. The number of aryl methyl sites for hydroxylation is 2. The fourth-order valence-corrected chi connectivity index (χ4v) is 3.31. The van der Waals surface area contributed by atoms with Crippen LogP contribution in [0.1, 0.15) is 47.8 Å². The third-order valence-electron chi connectivity index (χ3n) is 5.19. The molecule has 0 saturated carbocycles. The van der Waals surface area contributed by atoms with Gasteiger partial charge in [-0.25, -0.2) is 0 Å². The van der Waals surface area contributed by atoms with Gasteiger partial charge in [0.15, 0.2) is 6.61 Å². The molecule has 3 rings (SSSR count). The van der Waals surface area contributed by atoms with Crippen molar-refractivity contribution in [3.05, 3.63) is 101 Å². The first-order valence-corrected chi connectivity index (χ1v) is 10.8. The number of carbonyl (C=O) groups excluding carboxylic acids is 2. The maximum absolute atomic E-state index is 12.6. The summed E-state index contributed by atoms with van der Waals surface area (Å²) in [7, 11) is 0. The van der Waals surface area contributed by atoms with Crippen molar-refractivity contribution in [1.29, 1.82) is 0 Å². The summed E-state index contributed by atoms with van der Waals surface area (Å²) in [5.41, 5.74) is 8.83. The number of carbonyl (C=O) groups is 2. The van der Waals surface area contributed by atoms with Crippen LogP contribution in [-0.2, 0) is 23.1 Å². The lowest BCUT2D eigenvalue weighted by Gasteiger charge is -2.19. The van der Waals surface area contributed by atoms with Crippen LogP contribution in [0.5, 0.6) is 5.75 Å². The molecule has 5 nitrogen and oxygen atoms in total. The molecule has 0 aromatic heterocycles. The lowest BCUT2D eigenvalue weighted by Crippen LogP contribution is -2.44. The van der Waals surface area contributed by atoms with E-state index in [0.29, 0.717) is 11.3 Å². The van der Waals surface area contributed by atoms with Crippen molar-refractivity contribution in [2.75, 3.05) is 6.61 Å². The third kappa shape index (κ3) is 6.71. The van der Waals surface area contributed by atoms with Crippen molar-refractivity contribution < 1.29 is 14.3 Å². The molecule has 5 heteroatoms. The topological polar surface area (TPSA) is 67.4 Å². The molecule has 0 bridgehead atoms. The summed E-state index contributed by atoms with van der Waals surface area (Å²) in [6, 6.07) is 25.2. The second-order valence-electron chi connectivity index (χ2n) is 8.71. The summed E-state index contributed by atoms with van der Waals surface area (Å²) in [6.45, 7) is 6.22. The number of ether oxygens (including phenoxy) is 1. The summed E-state index contributed by atoms with van der Waals surface area (Å²) in [4.78, 5) is 24.7. The Labute approximate surface area is 189 Å². The van der Waals surface area contributed by atoms with Gasteiger partial charge in [-0.1, -0.05) is 81.4 Å². The van der Waals surface area contributed by atoms with Crippen LogP contribution in [-0.4, -0.2) is 18.4 Å². The van der Waals surface area contributed by atoms with Crippen molar-refractivity contribution in [3.8, 4) is 5.75 Å². The minimum atomic E-state index is -0.431. The van der Waals surface area contributed by atoms with Gasteiger partial charge in [-0.3, -0.25) is 20.4 Å². The quantitative estimate of drug-likeness (QED) is 0.538. The smallest absolute Gasteiger partial charge is 0.276 e. The summed E-state index contributed by atoms with van der Waals surface area (Å²) >= 11 is 0. The van der Waals surface area contributed by atoms with E-state index in [1.165, 1.54) is 11.1 Å². The molecule has 0 radical (unpaired) electrons. The van der Waals surface area contributed by atoms with Gasteiger partial charge in [0, 0.05) is 5.56 Å². The zero-order chi connectivity index (χ0) is 23.0. The van der Waals surface area contributed by atoms with E-state index in [1.54, 1.807) is 6.07 Å². The normalized spacial score (nSPS) is 11.0. The fraction of sp³-hybridized carbons (Fsp3) is 0.259. The molecule has 166 valence electrons. The fourth-order valence-electron chi connectivity index (χ4n) is 3.31. The van der Waals surface area contributed by atoms with Crippen LogP contribution >= 0.6 is 0 Å². The van der Waals surface area contributed by atoms with Crippen molar-refractivity contribution in [1.82, 2.24) is 10.9 Å². The molecule has 3 aromatic carbocycles. The largest absolute Gasteiger partial charge is 0.484 e. The number of benzene rings is 3. The number of nitrogens with one attached hydrogen (secondary N) is 2. The van der Waals surface area contributed by atoms with Gasteiger partial charge < -0.3 is 4.74 Å². The highest BCUT2D eigenvalue weighted by atomic mass is 16.5. The van der Waals surface area contributed by atoms with Crippen LogP contribution in [0.15, 0.2) is 78.9 Å². The van der Waals surface area contributed by atoms with E-state index >= 15 is 0 Å². The molecule has 0 aliphatic carbocycles. The average molecular weight is 431 g/mol. The van der Waals surface area contributed by atoms with Crippen LogP contribution < -0.4 is 15.6 Å². The Balaban J connectivity index is 1.49. The Morgan fingerprint density at radius 3 is 2.12 bits per heavy atom. The van der Waals surface area contributed by atoms with Gasteiger partial charge >= 0.3 is 0 Å². The molecule has 0 spiro atoms. The molecule has 0 unspecified atom stereocenters. The molecule has 0 atom stereocenters. The summed E-state index contributed by atoms with van der Waals surface area (Å²) in [5, 5.41) is 0. The lowest BCUT2D eigenvalue weighted by atomic mass is 9.87. The van der Waals surface area contributed by atoms with Crippen LogP contribution in [0.2, 0.25) is 0 Å². The second-order valence-corrected chi connectivity index (χ2v) is 8.71. The van der Waals surface area contributed by atoms with Gasteiger partial charge in [-0.15, -0.1) is 0 Å². The van der Waals surface area contributed by atoms with E-state index < -0.39 is 5.91 Å². The van der Waals surface area contributed by atoms with E-state index in [4.69, 9.17) is 4.74 Å². The number of hydrogen-bond acceptors (Lipinski definition) is 3. The first-order valence-electron chi connectivity index (χ1n) is 10.8. The SMILES string of the molecule is CC(C)(C)c1ccc(OCC(=O)NNC(=O)c2ccccc2CCc2ccccc2)cc1. The number of hydrazine groups is 1. The maximum atomic E-state index is 12.6. The van der Waals surface area contributed by atoms with Gasteiger partial charge in [-0.05, 0) is 53.1 Å². The summed E-state index contributed by atoms with van der Waals surface area (Å²) < 4.78 is 5.52. The minimum absolute atomic E-state index is 0.0531. The molecule has 32 heavy (non-hydrogen) atoms. The van der Waals surface area contributed by atoms with Crippen molar-refractivity contribution in [2.45, 2.75) is 39.0 Å². The molecule has 0 saturated heterocycles. The van der Waals surface area contributed by atoms with Crippen LogP contribution in [0.3, 0.4) is 0 Å². The van der Waals surface area contributed by atoms with E-state index in [2.05, 4.69) is 43.8 Å². The van der Waals surface area contributed by atoms with Crippen molar-refractivity contribution in [3.63, 3.8) is 0 Å².